The smallest absolute Gasteiger partial charge is 0.407 e. The number of ether oxygens (including phenoxy) is 1. The zero-order valence-corrected chi connectivity index (χ0v) is 31.0. The highest BCUT2D eigenvalue weighted by Gasteiger charge is 2.28. The molecular formula is C42H44F2N8O4. The van der Waals surface area contributed by atoms with E-state index in [1.54, 1.807) is 48.5 Å². The average Bonchev–Trinajstić information content (AvgIpc) is 3.90. The molecule has 0 aliphatic carbocycles. The Labute approximate surface area is 323 Å². The van der Waals surface area contributed by atoms with Gasteiger partial charge in [0.25, 0.3) is 0 Å². The molecule has 2 saturated heterocycles. The Kier molecular flexibility index (Phi) is 11.7. The number of benzene rings is 4. The number of nitrogens with two attached hydrogens (primary N) is 1. The summed E-state index contributed by atoms with van der Waals surface area (Å²) in [5, 5.41) is 24.5. The molecule has 6 aromatic rings. The van der Waals surface area contributed by atoms with Gasteiger partial charge in [-0.15, -0.1) is 0 Å². The van der Waals surface area contributed by atoms with Crippen LogP contribution in [0.3, 0.4) is 0 Å². The zero-order chi connectivity index (χ0) is 39.2. The van der Waals surface area contributed by atoms with E-state index in [1.165, 1.54) is 24.3 Å². The second-order valence-corrected chi connectivity index (χ2v) is 14.1. The highest BCUT2D eigenvalue weighted by Crippen LogP contribution is 2.35. The lowest BCUT2D eigenvalue weighted by atomic mass is 10.1. The van der Waals surface area contributed by atoms with Gasteiger partial charge in [-0.05, 0) is 98.3 Å². The minimum absolute atomic E-state index is 0.0870. The van der Waals surface area contributed by atoms with Crippen molar-refractivity contribution < 1.29 is 28.5 Å². The number of amides is 1. The molecule has 12 nitrogen and oxygen atoms in total. The molecule has 2 fully saturated rings. The van der Waals surface area contributed by atoms with Gasteiger partial charge in [0.05, 0.1) is 28.8 Å². The molecule has 2 aliphatic heterocycles. The largest absolute Gasteiger partial charge is 0.507 e. The molecule has 0 radical (unpaired) electrons. The number of phenolic OH excluding ortho intramolecular Hbond substituents is 2. The predicted molar refractivity (Wildman–Crippen MR) is 213 cm³/mol. The van der Waals surface area contributed by atoms with Crippen LogP contribution in [0.5, 0.6) is 11.5 Å². The molecule has 56 heavy (non-hydrogen) atoms. The van der Waals surface area contributed by atoms with Crippen molar-refractivity contribution in [2.24, 2.45) is 17.6 Å². The number of nitrogens with zero attached hydrogens (tertiary/aromatic N) is 6. The van der Waals surface area contributed by atoms with E-state index in [4.69, 9.17) is 15.5 Å². The summed E-state index contributed by atoms with van der Waals surface area (Å²) in [6.07, 6.45) is 2.22. The molecule has 5 N–H and O–H groups in total. The van der Waals surface area contributed by atoms with Gasteiger partial charge < -0.3 is 35.8 Å². The van der Waals surface area contributed by atoms with E-state index >= 15 is 0 Å². The minimum atomic E-state index is -0.406. The van der Waals surface area contributed by atoms with Gasteiger partial charge in [0, 0.05) is 43.5 Å². The fourth-order valence-electron chi connectivity index (χ4n) is 7.10. The molecule has 2 atom stereocenters. The number of fused-ring (bicyclic) bond motifs is 2. The molecule has 0 saturated carbocycles. The van der Waals surface area contributed by atoms with E-state index in [1.807, 2.05) is 19.1 Å². The highest BCUT2D eigenvalue weighted by molar-refractivity contribution is 5.92. The van der Waals surface area contributed by atoms with E-state index < -0.39 is 6.09 Å². The van der Waals surface area contributed by atoms with Crippen molar-refractivity contribution in [2.45, 2.75) is 26.2 Å². The number of nitrogens with one attached hydrogen (secondary N) is 1. The van der Waals surface area contributed by atoms with E-state index in [2.05, 4.69) is 30.1 Å². The Balaban J connectivity index is 0.000000175. The molecule has 0 unspecified atom stereocenters. The van der Waals surface area contributed by atoms with Crippen LogP contribution in [0.1, 0.15) is 26.2 Å². The van der Waals surface area contributed by atoms with Gasteiger partial charge in [0.2, 0.25) is 0 Å². The summed E-state index contributed by atoms with van der Waals surface area (Å²) < 4.78 is 32.9. The van der Waals surface area contributed by atoms with Crippen LogP contribution in [0.15, 0.2) is 84.9 Å². The Bertz CT molecular complexity index is 2350. The number of para-hydroxylation sites is 2. The van der Waals surface area contributed by atoms with Crippen LogP contribution in [-0.2, 0) is 4.74 Å². The zero-order valence-electron chi connectivity index (χ0n) is 31.0. The second-order valence-electron chi connectivity index (χ2n) is 14.1. The van der Waals surface area contributed by atoms with Gasteiger partial charge in [-0.1, -0.05) is 31.2 Å². The van der Waals surface area contributed by atoms with Crippen LogP contribution in [0.25, 0.3) is 44.6 Å². The Hall–Kier alpha value is -6.15. The summed E-state index contributed by atoms with van der Waals surface area (Å²) >= 11 is 0. The van der Waals surface area contributed by atoms with Crippen LogP contribution >= 0.6 is 0 Å². The van der Waals surface area contributed by atoms with Gasteiger partial charge in [0.1, 0.15) is 34.8 Å². The number of alkyl carbamates (subject to hydrolysis) is 1. The van der Waals surface area contributed by atoms with E-state index in [0.717, 1.165) is 38.9 Å². The van der Waals surface area contributed by atoms with Gasteiger partial charge in [-0.25, -0.2) is 33.5 Å². The van der Waals surface area contributed by atoms with Crippen molar-refractivity contribution in [1.82, 2.24) is 25.3 Å². The standard InChI is InChI=1S/C23H25FN4O3.C19H19FN4O/c1-2-11-31-23(30)25-13-15-9-10-28(14-15)22-18-12-16(24)7-8-19(18)26-21(27-22)17-5-3-4-6-20(17)29;20-13-5-6-16-15(9-13)19(24-8-7-12(10-21)11-24)23-18(22-16)14-3-1-2-4-17(14)25/h3-8,12,15,29H,2,9-11,13-14H2,1H3,(H,25,30);1-6,9,12,25H,7-8,10-11,21H2/t15-;12-/m00/s1. The highest BCUT2D eigenvalue weighted by atomic mass is 19.1. The first-order valence-electron chi connectivity index (χ1n) is 18.8. The molecule has 4 heterocycles. The van der Waals surface area contributed by atoms with Gasteiger partial charge >= 0.3 is 6.09 Å². The molecule has 14 heteroatoms. The molecule has 2 aliphatic rings. The summed E-state index contributed by atoms with van der Waals surface area (Å²) in [5.41, 5.74) is 8.14. The number of carbonyl (C=O) groups excluding carboxylic acids is 1. The quantitative estimate of drug-likeness (QED) is 0.120. The van der Waals surface area contributed by atoms with Crippen molar-refractivity contribution in [3.63, 3.8) is 0 Å². The van der Waals surface area contributed by atoms with Crippen LogP contribution in [0, 0.1) is 23.5 Å². The summed E-state index contributed by atoms with van der Waals surface area (Å²) in [6, 6.07) is 22.8. The molecule has 290 valence electrons. The first-order valence-corrected chi connectivity index (χ1v) is 18.8. The van der Waals surface area contributed by atoms with E-state index in [-0.39, 0.29) is 29.1 Å². The van der Waals surface area contributed by atoms with Crippen LogP contribution < -0.4 is 20.9 Å². The van der Waals surface area contributed by atoms with E-state index in [0.29, 0.717) is 88.4 Å². The molecule has 0 bridgehead atoms. The summed E-state index contributed by atoms with van der Waals surface area (Å²) in [4.78, 5) is 34.4. The van der Waals surface area contributed by atoms with Gasteiger partial charge in [-0.2, -0.15) is 0 Å². The topological polar surface area (TPSA) is 163 Å². The lowest BCUT2D eigenvalue weighted by molar-refractivity contribution is 0.145. The number of carbonyl (C=O) groups is 1. The molecule has 8 rings (SSSR count). The van der Waals surface area contributed by atoms with Crippen LogP contribution in [0.4, 0.5) is 25.2 Å². The number of rotatable bonds is 9. The number of hydrogen-bond acceptors (Lipinski definition) is 11. The molecular weight excluding hydrogens is 719 g/mol. The van der Waals surface area contributed by atoms with Gasteiger partial charge in [0.15, 0.2) is 11.6 Å². The van der Waals surface area contributed by atoms with E-state index in [9.17, 15) is 23.8 Å². The number of anilines is 2. The number of aromatic hydroxyl groups is 2. The average molecular weight is 763 g/mol. The normalized spacial score (nSPS) is 16.6. The second kappa shape index (κ2) is 17.1. The third-order valence-electron chi connectivity index (χ3n) is 10.0. The fraction of sp³-hybridized carbons (Fsp3) is 0.310. The lowest BCUT2D eigenvalue weighted by Crippen LogP contribution is -2.31. The maximum atomic E-state index is 14.0. The maximum Gasteiger partial charge on any atom is 0.407 e. The number of hydrogen-bond donors (Lipinski definition) is 4. The van der Waals surface area contributed by atoms with Crippen LogP contribution in [-0.4, -0.2) is 82.1 Å². The van der Waals surface area contributed by atoms with Crippen molar-refractivity contribution in [3.8, 4) is 34.3 Å². The molecule has 4 aromatic carbocycles. The van der Waals surface area contributed by atoms with Crippen molar-refractivity contribution >= 4 is 39.5 Å². The third-order valence-corrected chi connectivity index (χ3v) is 10.0. The van der Waals surface area contributed by atoms with Gasteiger partial charge in [-0.3, -0.25) is 0 Å². The van der Waals surface area contributed by atoms with Crippen molar-refractivity contribution in [2.75, 3.05) is 55.7 Å². The summed E-state index contributed by atoms with van der Waals surface area (Å²) in [5.74, 6) is 2.30. The number of aromatic nitrogens is 4. The Morgan fingerprint density at radius 2 is 1.27 bits per heavy atom. The number of halogens is 2. The van der Waals surface area contributed by atoms with Crippen molar-refractivity contribution in [3.05, 3.63) is 96.6 Å². The Morgan fingerprint density at radius 3 is 1.75 bits per heavy atom. The number of phenols is 2. The first kappa shape index (κ1) is 38.1. The maximum absolute atomic E-state index is 14.0. The third kappa shape index (κ3) is 8.55. The van der Waals surface area contributed by atoms with Crippen molar-refractivity contribution in [1.29, 1.82) is 0 Å². The predicted octanol–water partition coefficient (Wildman–Crippen LogP) is 7.03. The van der Waals surface area contributed by atoms with Crippen LogP contribution in [0.2, 0.25) is 0 Å². The minimum Gasteiger partial charge on any atom is -0.507 e. The fourth-order valence-corrected chi connectivity index (χ4v) is 7.10. The molecule has 0 spiro atoms. The summed E-state index contributed by atoms with van der Waals surface area (Å²) in [6.45, 7) is 6.47. The summed E-state index contributed by atoms with van der Waals surface area (Å²) in [7, 11) is 0. The monoisotopic (exact) mass is 762 g/mol. The molecule has 2 aromatic heterocycles. The Morgan fingerprint density at radius 1 is 0.768 bits per heavy atom. The molecule has 1 amide bonds. The lowest BCUT2D eigenvalue weighted by Gasteiger charge is -2.20. The SMILES string of the molecule is CCCOC(=O)NC[C@@H]1CCN(c2nc(-c3ccccc3O)nc3ccc(F)cc23)C1.NC[C@@H]1CCN(c2nc(-c3ccccc3O)nc3ccc(F)cc23)C1. The first-order chi connectivity index (χ1) is 27.2.